The molecule has 5 aromatic carbocycles. The maximum Gasteiger partial charge on any atom is 0.136 e. The molecule has 0 N–H and O–H groups in total. The Kier molecular flexibility index (Phi) is 6.43. The maximum absolute atomic E-state index is 6.83. The monoisotopic (exact) mass is 566 g/mol. The third-order valence-electron chi connectivity index (χ3n) is 7.83. The summed E-state index contributed by atoms with van der Waals surface area (Å²) in [7, 11) is 0. The quantitative estimate of drug-likeness (QED) is 0.213. The molecule has 7 aromatic rings. The van der Waals surface area contributed by atoms with E-state index in [0.29, 0.717) is 0 Å². The number of ether oxygens (including phenoxy) is 2. The summed E-state index contributed by atoms with van der Waals surface area (Å²) in [5.41, 5.74) is 9.43. The normalized spacial score (nSPS) is 11.5. The molecule has 0 saturated heterocycles. The number of rotatable bonds is 3. The minimum absolute atomic E-state index is 0.719. The zero-order chi connectivity index (χ0) is 29.3. The van der Waals surface area contributed by atoms with Crippen LogP contribution in [0.3, 0.4) is 0 Å². The van der Waals surface area contributed by atoms with E-state index in [4.69, 9.17) is 14.5 Å². The fourth-order valence-corrected chi connectivity index (χ4v) is 5.67. The Hall–Kier alpha value is -6.00. The molecule has 44 heavy (non-hydrogen) atoms. The van der Waals surface area contributed by atoms with Crippen LogP contribution in [0, 0.1) is 0 Å². The predicted octanol–water partition coefficient (Wildman–Crippen LogP) is 10.7. The second-order valence-electron chi connectivity index (χ2n) is 10.6. The van der Waals surface area contributed by atoms with Gasteiger partial charge in [0.05, 0.1) is 17.1 Å². The molecule has 0 amide bonds. The van der Waals surface area contributed by atoms with Crippen LogP contribution < -0.4 is 9.47 Å². The molecule has 4 heteroatoms. The van der Waals surface area contributed by atoms with E-state index in [1.807, 2.05) is 91.0 Å². The summed E-state index contributed by atoms with van der Waals surface area (Å²) in [6.45, 7) is 0. The van der Waals surface area contributed by atoms with Crippen LogP contribution in [-0.4, -0.2) is 9.97 Å². The molecule has 0 aliphatic carbocycles. The number of hydrogen-bond donors (Lipinski definition) is 0. The van der Waals surface area contributed by atoms with Crippen molar-refractivity contribution in [2.24, 2.45) is 0 Å². The predicted molar refractivity (Wildman–Crippen MR) is 176 cm³/mol. The average Bonchev–Trinajstić information content (AvgIpc) is 3.10. The molecule has 0 radical (unpaired) electrons. The van der Waals surface area contributed by atoms with Crippen LogP contribution >= 0.6 is 0 Å². The Balaban J connectivity index is 1.33. The number of nitrogens with zero attached hydrogens (tertiary/aromatic N) is 2. The van der Waals surface area contributed by atoms with E-state index in [9.17, 15) is 0 Å². The van der Waals surface area contributed by atoms with Gasteiger partial charge in [-0.05, 0) is 60.7 Å². The molecule has 208 valence electrons. The number of benzene rings is 5. The van der Waals surface area contributed by atoms with Crippen LogP contribution in [0.5, 0.6) is 23.0 Å². The summed E-state index contributed by atoms with van der Waals surface area (Å²) in [6.07, 6.45) is 1.81. The fraction of sp³-hybridized carbons (Fsp3) is 0. The molecule has 0 fully saturated rings. The lowest BCUT2D eigenvalue weighted by Gasteiger charge is -2.22. The summed E-state index contributed by atoms with van der Waals surface area (Å²) >= 11 is 0. The number of fused-ring (bicyclic) bond motifs is 6. The third kappa shape index (κ3) is 4.79. The molecule has 0 spiro atoms. The molecule has 2 aromatic heterocycles. The van der Waals surface area contributed by atoms with E-state index in [-0.39, 0.29) is 0 Å². The SMILES string of the molecule is c1ccc(-c2cccc(-c3ccc4c(c3)Oc3ccccc3-c3ccccc3Oc3cc(-c5ccccn5)ccc3-4)n2)cc1. The van der Waals surface area contributed by atoms with Crippen molar-refractivity contribution < 1.29 is 9.47 Å². The highest BCUT2D eigenvalue weighted by molar-refractivity contribution is 5.85. The molecule has 8 rings (SSSR count). The lowest BCUT2D eigenvalue weighted by atomic mass is 9.97. The minimum Gasteiger partial charge on any atom is -0.456 e. The standard InChI is InChI=1S/C40H26N2O2/c1-2-11-27(12-3-1)35-16-10-17-36(42-35)29-21-23-33-32-22-20-28(34-15-8-9-24-41-34)25-39(32)43-37-18-6-4-13-30(37)31-14-5-7-19-38(31)44-40(33)26-29/h1-26H. The van der Waals surface area contributed by atoms with Crippen molar-refractivity contribution >= 4 is 0 Å². The average molecular weight is 567 g/mol. The Labute approximate surface area is 255 Å². The molecular formula is C40H26N2O2. The number of hydrogen-bond acceptors (Lipinski definition) is 4. The molecule has 1 aliphatic rings. The fourth-order valence-electron chi connectivity index (χ4n) is 5.67. The van der Waals surface area contributed by atoms with Crippen LogP contribution in [0.4, 0.5) is 0 Å². The lowest BCUT2D eigenvalue weighted by molar-refractivity contribution is 0.472. The topological polar surface area (TPSA) is 44.2 Å². The van der Waals surface area contributed by atoms with Crippen molar-refractivity contribution in [1.29, 1.82) is 0 Å². The summed E-state index contributed by atoms with van der Waals surface area (Å²) in [6, 6.07) is 50.9. The highest BCUT2D eigenvalue weighted by Crippen LogP contribution is 2.48. The molecule has 4 nitrogen and oxygen atoms in total. The van der Waals surface area contributed by atoms with Crippen molar-refractivity contribution in [1.82, 2.24) is 9.97 Å². The molecule has 0 saturated carbocycles. The van der Waals surface area contributed by atoms with Gasteiger partial charge in [0.2, 0.25) is 0 Å². The van der Waals surface area contributed by atoms with Gasteiger partial charge >= 0.3 is 0 Å². The summed E-state index contributed by atoms with van der Waals surface area (Å²) in [5.74, 6) is 2.95. The zero-order valence-corrected chi connectivity index (χ0v) is 23.7. The maximum atomic E-state index is 6.83. The van der Waals surface area contributed by atoms with E-state index in [1.54, 1.807) is 6.20 Å². The van der Waals surface area contributed by atoms with E-state index < -0.39 is 0 Å². The van der Waals surface area contributed by atoms with Crippen molar-refractivity contribution in [2.75, 3.05) is 0 Å². The van der Waals surface area contributed by atoms with Crippen LogP contribution in [0.15, 0.2) is 158 Å². The van der Waals surface area contributed by atoms with Gasteiger partial charge in [-0.15, -0.1) is 0 Å². The van der Waals surface area contributed by atoms with Crippen LogP contribution in [-0.2, 0) is 0 Å². The number of para-hydroxylation sites is 2. The molecule has 3 heterocycles. The Morgan fingerprint density at radius 2 is 0.841 bits per heavy atom. The van der Waals surface area contributed by atoms with Crippen molar-refractivity contribution in [3.8, 4) is 79.0 Å². The lowest BCUT2D eigenvalue weighted by Crippen LogP contribution is -1.98. The van der Waals surface area contributed by atoms with E-state index in [0.717, 1.165) is 79.0 Å². The van der Waals surface area contributed by atoms with Gasteiger partial charge in [-0.25, -0.2) is 4.98 Å². The largest absolute Gasteiger partial charge is 0.456 e. The minimum atomic E-state index is 0.719. The molecular weight excluding hydrogens is 540 g/mol. The Morgan fingerprint density at radius 3 is 1.45 bits per heavy atom. The number of aromatic nitrogens is 2. The van der Waals surface area contributed by atoms with Gasteiger partial charge in [-0.1, -0.05) is 91.0 Å². The zero-order valence-electron chi connectivity index (χ0n) is 23.7. The highest BCUT2D eigenvalue weighted by Gasteiger charge is 2.21. The van der Waals surface area contributed by atoms with Crippen molar-refractivity contribution in [3.63, 3.8) is 0 Å². The van der Waals surface area contributed by atoms with Crippen molar-refractivity contribution in [2.45, 2.75) is 0 Å². The van der Waals surface area contributed by atoms with Gasteiger partial charge < -0.3 is 9.47 Å². The van der Waals surface area contributed by atoms with Gasteiger partial charge in [0, 0.05) is 45.1 Å². The Bertz CT molecular complexity index is 2120. The first-order valence-electron chi connectivity index (χ1n) is 14.6. The second-order valence-corrected chi connectivity index (χ2v) is 10.6. The first kappa shape index (κ1) is 25.7. The van der Waals surface area contributed by atoms with Gasteiger partial charge in [0.1, 0.15) is 23.0 Å². The number of pyridine rings is 2. The van der Waals surface area contributed by atoms with Gasteiger partial charge in [-0.2, -0.15) is 0 Å². The van der Waals surface area contributed by atoms with Gasteiger partial charge in [0.15, 0.2) is 0 Å². The van der Waals surface area contributed by atoms with Crippen LogP contribution in [0.1, 0.15) is 0 Å². The molecule has 1 aliphatic heterocycles. The molecule has 0 unspecified atom stereocenters. The first-order chi connectivity index (χ1) is 21.8. The smallest absolute Gasteiger partial charge is 0.136 e. The third-order valence-corrected chi connectivity index (χ3v) is 7.83. The van der Waals surface area contributed by atoms with Crippen LogP contribution in [0.25, 0.3) is 56.0 Å². The molecule has 0 atom stereocenters. The van der Waals surface area contributed by atoms with E-state index in [1.165, 1.54) is 0 Å². The highest BCUT2D eigenvalue weighted by atomic mass is 16.5. The Morgan fingerprint density at radius 1 is 0.341 bits per heavy atom. The van der Waals surface area contributed by atoms with Gasteiger partial charge in [-0.3, -0.25) is 4.98 Å². The second kappa shape index (κ2) is 11.0. The van der Waals surface area contributed by atoms with E-state index in [2.05, 4.69) is 65.6 Å². The van der Waals surface area contributed by atoms with Crippen molar-refractivity contribution in [3.05, 3.63) is 158 Å². The van der Waals surface area contributed by atoms with E-state index >= 15 is 0 Å². The first-order valence-corrected chi connectivity index (χ1v) is 14.6. The molecule has 0 bridgehead atoms. The van der Waals surface area contributed by atoms with Crippen LogP contribution in [0.2, 0.25) is 0 Å². The summed E-state index contributed by atoms with van der Waals surface area (Å²) in [4.78, 5) is 9.59. The summed E-state index contributed by atoms with van der Waals surface area (Å²) in [5, 5.41) is 0. The van der Waals surface area contributed by atoms with Gasteiger partial charge in [0.25, 0.3) is 0 Å². The summed E-state index contributed by atoms with van der Waals surface area (Å²) < 4.78 is 13.6.